The van der Waals surface area contributed by atoms with Crippen LogP contribution in [0.15, 0.2) is 47.4 Å². The minimum Gasteiger partial charge on any atom is -0.488 e. The molecule has 0 unspecified atom stereocenters. The molecule has 0 radical (unpaired) electrons. The molecule has 0 atom stereocenters. The van der Waals surface area contributed by atoms with Crippen molar-refractivity contribution in [3.05, 3.63) is 64.1 Å². The van der Waals surface area contributed by atoms with Crippen LogP contribution in [0.25, 0.3) is 0 Å². The normalized spacial score (nSPS) is 13.3. The Balaban J connectivity index is 1.75. The van der Waals surface area contributed by atoms with Crippen LogP contribution < -0.4 is 10.3 Å². The Kier molecular flexibility index (Phi) is 4.46. The summed E-state index contributed by atoms with van der Waals surface area (Å²) in [6.45, 7) is 2.80. The molecule has 0 aliphatic carbocycles. The molecule has 0 saturated heterocycles. The van der Waals surface area contributed by atoms with E-state index in [1.54, 1.807) is 42.6 Å². The fourth-order valence-corrected chi connectivity index (χ4v) is 2.66. The van der Waals surface area contributed by atoms with E-state index >= 15 is 0 Å². The third kappa shape index (κ3) is 2.82. The van der Waals surface area contributed by atoms with Gasteiger partial charge in [0.1, 0.15) is 0 Å². The Labute approximate surface area is 139 Å². The first-order chi connectivity index (χ1) is 11.6. The van der Waals surface area contributed by atoms with Crippen molar-refractivity contribution in [1.82, 2.24) is 9.47 Å². The first-order valence-corrected chi connectivity index (χ1v) is 7.91. The number of ether oxygens (including phenoxy) is 1. The van der Waals surface area contributed by atoms with Gasteiger partial charge in [-0.1, -0.05) is 19.1 Å². The molecular weight excluding hydrogens is 308 g/mol. The minimum absolute atomic E-state index is 0.142. The zero-order chi connectivity index (χ0) is 17.1. The average Bonchev–Trinajstić information content (AvgIpc) is 2.84. The first kappa shape index (κ1) is 16.0. The quantitative estimate of drug-likeness (QED) is 0.761. The third-order valence-electron chi connectivity index (χ3n) is 3.89. The number of pyridine rings is 1. The van der Waals surface area contributed by atoms with Crippen LogP contribution in [0.2, 0.25) is 0 Å². The fraction of sp³-hybridized carbons (Fsp3) is 0.278. The second-order valence-corrected chi connectivity index (χ2v) is 5.53. The predicted octanol–water partition coefficient (Wildman–Crippen LogP) is 1.93. The average molecular weight is 326 g/mol. The van der Waals surface area contributed by atoms with Crippen molar-refractivity contribution in [2.24, 2.45) is 0 Å². The van der Waals surface area contributed by atoms with E-state index in [4.69, 9.17) is 4.74 Å². The summed E-state index contributed by atoms with van der Waals surface area (Å²) in [7, 11) is 0. The Hall–Kier alpha value is -2.89. The minimum atomic E-state index is -0.318. The summed E-state index contributed by atoms with van der Waals surface area (Å²) in [4.78, 5) is 38.1. The van der Waals surface area contributed by atoms with E-state index in [1.165, 1.54) is 9.47 Å². The van der Waals surface area contributed by atoms with Crippen LogP contribution in [0.3, 0.4) is 0 Å². The van der Waals surface area contributed by atoms with E-state index in [1.807, 2.05) is 6.92 Å². The van der Waals surface area contributed by atoms with Gasteiger partial charge in [-0.05, 0) is 30.7 Å². The number of nitrogens with zero attached hydrogens (tertiary/aromatic N) is 2. The molecule has 0 fully saturated rings. The number of hydrogen-bond acceptors (Lipinski definition) is 4. The van der Waals surface area contributed by atoms with E-state index in [9.17, 15) is 14.4 Å². The molecule has 1 aromatic carbocycles. The zero-order valence-electron chi connectivity index (χ0n) is 13.4. The van der Waals surface area contributed by atoms with Crippen molar-refractivity contribution in [1.29, 1.82) is 0 Å². The van der Waals surface area contributed by atoms with Gasteiger partial charge in [0.2, 0.25) is 0 Å². The second-order valence-electron chi connectivity index (χ2n) is 5.53. The molecule has 0 bridgehead atoms. The molecule has 2 heterocycles. The standard InChI is InChI=1S/C18H18N2O4/c1-2-12-24-15-8-5-9-19(18(15)23)10-11-20-16(21)13-6-3-4-7-14(13)17(20)22/h3-9H,2,10-12H2,1H3. The number of rotatable bonds is 6. The van der Waals surface area contributed by atoms with Crippen LogP contribution in [0, 0.1) is 0 Å². The number of carbonyl (C=O) groups excluding carboxylic acids is 2. The molecule has 0 saturated carbocycles. The lowest BCUT2D eigenvalue weighted by Crippen LogP contribution is -2.35. The molecule has 124 valence electrons. The third-order valence-corrected chi connectivity index (χ3v) is 3.89. The van der Waals surface area contributed by atoms with Gasteiger partial charge in [0.25, 0.3) is 17.4 Å². The van der Waals surface area contributed by atoms with Gasteiger partial charge < -0.3 is 9.30 Å². The Morgan fingerprint density at radius 3 is 2.21 bits per heavy atom. The van der Waals surface area contributed by atoms with Crippen molar-refractivity contribution >= 4 is 11.8 Å². The molecule has 0 N–H and O–H groups in total. The molecule has 2 aromatic rings. The molecule has 1 aromatic heterocycles. The van der Waals surface area contributed by atoms with E-state index in [2.05, 4.69) is 0 Å². The summed E-state index contributed by atoms with van der Waals surface area (Å²) in [5, 5.41) is 0. The van der Waals surface area contributed by atoms with E-state index in [0.717, 1.165) is 6.42 Å². The molecule has 24 heavy (non-hydrogen) atoms. The molecule has 1 aliphatic rings. The van der Waals surface area contributed by atoms with Crippen molar-refractivity contribution in [3.63, 3.8) is 0 Å². The van der Waals surface area contributed by atoms with Crippen LogP contribution in [-0.4, -0.2) is 34.4 Å². The summed E-state index contributed by atoms with van der Waals surface area (Å²) in [5.41, 5.74) is 0.562. The van der Waals surface area contributed by atoms with E-state index in [-0.39, 0.29) is 36.2 Å². The van der Waals surface area contributed by atoms with Gasteiger partial charge in [-0.15, -0.1) is 0 Å². The monoisotopic (exact) mass is 326 g/mol. The van der Waals surface area contributed by atoms with Gasteiger partial charge in [-0.2, -0.15) is 0 Å². The smallest absolute Gasteiger partial charge is 0.292 e. The summed E-state index contributed by atoms with van der Waals surface area (Å²) >= 11 is 0. The number of aromatic nitrogens is 1. The molecule has 6 heteroatoms. The number of fused-ring (bicyclic) bond motifs is 1. The number of amides is 2. The van der Waals surface area contributed by atoms with Gasteiger partial charge in [-0.3, -0.25) is 19.3 Å². The van der Waals surface area contributed by atoms with Crippen LogP contribution in [-0.2, 0) is 6.54 Å². The Bertz CT molecular complexity index is 806. The van der Waals surface area contributed by atoms with Crippen LogP contribution >= 0.6 is 0 Å². The van der Waals surface area contributed by atoms with Crippen LogP contribution in [0.4, 0.5) is 0 Å². The highest BCUT2D eigenvalue weighted by molar-refractivity contribution is 6.21. The molecule has 2 amide bonds. The second kappa shape index (κ2) is 6.70. The van der Waals surface area contributed by atoms with Gasteiger partial charge in [0.15, 0.2) is 5.75 Å². The van der Waals surface area contributed by atoms with Crippen molar-refractivity contribution in [2.75, 3.05) is 13.2 Å². The lowest BCUT2D eigenvalue weighted by molar-refractivity contribution is 0.0648. The first-order valence-electron chi connectivity index (χ1n) is 7.91. The highest BCUT2D eigenvalue weighted by Crippen LogP contribution is 2.22. The number of hydrogen-bond donors (Lipinski definition) is 0. The van der Waals surface area contributed by atoms with E-state index in [0.29, 0.717) is 17.7 Å². The lowest BCUT2D eigenvalue weighted by Gasteiger charge is -2.15. The number of imide groups is 1. The number of carbonyl (C=O) groups is 2. The largest absolute Gasteiger partial charge is 0.488 e. The van der Waals surface area contributed by atoms with Gasteiger partial charge in [0, 0.05) is 19.3 Å². The van der Waals surface area contributed by atoms with Crippen LogP contribution in [0.1, 0.15) is 34.1 Å². The topological polar surface area (TPSA) is 68.6 Å². The van der Waals surface area contributed by atoms with Crippen molar-refractivity contribution < 1.29 is 14.3 Å². The van der Waals surface area contributed by atoms with Gasteiger partial charge >= 0.3 is 0 Å². The maximum atomic E-state index is 12.3. The van der Waals surface area contributed by atoms with Gasteiger partial charge in [0.05, 0.1) is 17.7 Å². The Morgan fingerprint density at radius 1 is 0.917 bits per heavy atom. The highest BCUT2D eigenvalue weighted by atomic mass is 16.5. The fourth-order valence-electron chi connectivity index (χ4n) is 2.66. The maximum Gasteiger partial charge on any atom is 0.292 e. The molecule has 0 spiro atoms. The summed E-state index contributed by atoms with van der Waals surface area (Å²) < 4.78 is 6.86. The van der Waals surface area contributed by atoms with E-state index < -0.39 is 0 Å². The number of benzene rings is 1. The Morgan fingerprint density at radius 2 is 1.58 bits per heavy atom. The zero-order valence-corrected chi connectivity index (χ0v) is 13.4. The SMILES string of the molecule is CCCOc1cccn(CCN2C(=O)c3ccccc3C2=O)c1=O. The molecule has 1 aliphatic heterocycles. The maximum absolute atomic E-state index is 12.3. The predicted molar refractivity (Wildman–Crippen MR) is 88.3 cm³/mol. The molecular formula is C18H18N2O4. The summed E-state index contributed by atoms with van der Waals surface area (Å²) in [6, 6.07) is 10.1. The highest BCUT2D eigenvalue weighted by Gasteiger charge is 2.34. The summed E-state index contributed by atoms with van der Waals surface area (Å²) in [6.07, 6.45) is 2.43. The lowest BCUT2D eigenvalue weighted by atomic mass is 10.1. The molecule has 6 nitrogen and oxygen atoms in total. The van der Waals surface area contributed by atoms with Crippen LogP contribution in [0.5, 0.6) is 5.75 Å². The molecule has 3 rings (SSSR count). The van der Waals surface area contributed by atoms with Crippen molar-refractivity contribution in [3.8, 4) is 5.75 Å². The van der Waals surface area contributed by atoms with Crippen molar-refractivity contribution in [2.45, 2.75) is 19.9 Å². The van der Waals surface area contributed by atoms with Gasteiger partial charge in [-0.25, -0.2) is 0 Å². The summed E-state index contributed by atoms with van der Waals surface area (Å²) in [5.74, 6) is -0.356.